The minimum Gasteiger partial charge on any atom is -0.489 e. The third kappa shape index (κ3) is 5.17. The minimum atomic E-state index is -0.866. The van der Waals surface area contributed by atoms with E-state index in [0.717, 1.165) is 45.7 Å². The fraction of sp³-hybridized carbons (Fsp3) is 0.320. The Morgan fingerprint density at radius 1 is 1.24 bits per heavy atom. The summed E-state index contributed by atoms with van der Waals surface area (Å²) in [5, 5.41) is 26.4. The average molecular weight is 465 g/mol. The van der Waals surface area contributed by atoms with Crippen LogP contribution < -0.4 is 10.5 Å². The molecule has 0 bridgehead atoms. The average Bonchev–Trinajstić information content (AvgIpc) is 3.43. The van der Waals surface area contributed by atoms with Crippen LogP contribution in [0.5, 0.6) is 5.75 Å². The van der Waals surface area contributed by atoms with E-state index in [1.54, 1.807) is 11.3 Å². The summed E-state index contributed by atoms with van der Waals surface area (Å²) in [4.78, 5) is 15.1. The van der Waals surface area contributed by atoms with Gasteiger partial charge >= 0.3 is 5.97 Å². The van der Waals surface area contributed by atoms with Crippen molar-refractivity contribution in [3.05, 3.63) is 64.5 Å². The number of rotatable bonds is 8. The zero-order chi connectivity index (χ0) is 23.5. The summed E-state index contributed by atoms with van der Waals surface area (Å²) in [7, 11) is 0. The molecule has 172 valence electrons. The van der Waals surface area contributed by atoms with Crippen LogP contribution in [0.1, 0.15) is 41.7 Å². The van der Waals surface area contributed by atoms with Crippen LogP contribution in [-0.2, 0) is 11.2 Å². The Morgan fingerprint density at radius 2 is 2.00 bits per heavy atom. The second kappa shape index (κ2) is 9.62. The molecule has 2 heterocycles. The van der Waals surface area contributed by atoms with Gasteiger partial charge in [-0.25, -0.2) is 0 Å². The number of carbonyl (C=O) groups is 1. The van der Waals surface area contributed by atoms with E-state index in [-0.39, 0.29) is 11.9 Å². The van der Waals surface area contributed by atoms with Crippen LogP contribution in [0.3, 0.4) is 0 Å². The van der Waals surface area contributed by atoms with Crippen LogP contribution >= 0.6 is 11.3 Å². The highest BCUT2D eigenvalue weighted by Crippen LogP contribution is 2.32. The molecule has 0 saturated carbocycles. The molecule has 1 aromatic heterocycles. The summed E-state index contributed by atoms with van der Waals surface area (Å²) in [6.45, 7) is 3.53. The third-order valence-electron chi connectivity index (χ3n) is 6.03. The largest absolute Gasteiger partial charge is 0.489 e. The molecule has 0 spiro atoms. The predicted molar refractivity (Wildman–Crippen MR) is 132 cm³/mol. The van der Waals surface area contributed by atoms with E-state index < -0.39 is 11.9 Å². The van der Waals surface area contributed by atoms with E-state index in [4.69, 9.17) is 21.3 Å². The van der Waals surface area contributed by atoms with Crippen LogP contribution in [0, 0.1) is 10.8 Å². The van der Waals surface area contributed by atoms with Crippen LogP contribution in [0.4, 0.5) is 0 Å². The third-order valence-corrected chi connectivity index (χ3v) is 7.17. The lowest BCUT2D eigenvalue weighted by Crippen LogP contribution is -2.29. The number of nitrogens with one attached hydrogen (secondary N) is 2. The van der Waals surface area contributed by atoms with Gasteiger partial charge in [-0.2, -0.15) is 0 Å². The number of nitrogens with zero attached hydrogens (tertiary/aromatic N) is 1. The summed E-state index contributed by atoms with van der Waals surface area (Å²) in [6.07, 6.45) is 2.02. The molecule has 0 radical (unpaired) electrons. The van der Waals surface area contributed by atoms with Gasteiger partial charge in [0.1, 0.15) is 17.7 Å². The van der Waals surface area contributed by atoms with Crippen LogP contribution in [0.2, 0.25) is 0 Å². The quantitative estimate of drug-likeness (QED) is 0.290. The summed E-state index contributed by atoms with van der Waals surface area (Å²) in [5.74, 6) is -0.151. The number of fused-ring (bicyclic) bond motifs is 1. The number of carboxylic acid groups (broad SMARTS) is 1. The Balaban J connectivity index is 1.45. The number of aliphatic carboxylic acids is 1. The number of likely N-dealkylation sites (tertiary alicyclic amines) is 1. The molecule has 1 aliphatic rings. The van der Waals surface area contributed by atoms with Gasteiger partial charge in [-0.15, -0.1) is 11.3 Å². The van der Waals surface area contributed by atoms with Gasteiger partial charge in [0.05, 0.1) is 18.3 Å². The number of ether oxygens (including phenoxy) is 1. The molecule has 5 N–H and O–H groups in total. The van der Waals surface area contributed by atoms with Gasteiger partial charge in [0.25, 0.3) is 0 Å². The lowest BCUT2D eigenvalue weighted by molar-refractivity contribution is -0.138. The van der Waals surface area contributed by atoms with E-state index in [0.29, 0.717) is 24.4 Å². The van der Waals surface area contributed by atoms with Crippen molar-refractivity contribution in [2.75, 3.05) is 13.1 Å². The normalized spacial score (nSPS) is 16.6. The predicted octanol–water partition coefficient (Wildman–Crippen LogP) is 4.44. The fourth-order valence-corrected chi connectivity index (χ4v) is 5.27. The zero-order valence-corrected chi connectivity index (χ0v) is 19.3. The maximum Gasteiger partial charge on any atom is 0.311 e. The second-order valence-corrected chi connectivity index (χ2v) is 9.49. The van der Waals surface area contributed by atoms with Crippen molar-refractivity contribution in [2.24, 2.45) is 5.73 Å². The number of nitrogens with two attached hydrogens (primary N) is 1. The molecule has 0 aliphatic carbocycles. The Labute approximate surface area is 196 Å². The summed E-state index contributed by atoms with van der Waals surface area (Å²) in [6, 6.07) is 14.9. The first kappa shape index (κ1) is 22.8. The maximum atomic E-state index is 12.1. The summed E-state index contributed by atoms with van der Waals surface area (Å²) < 4.78 is 7.12. The van der Waals surface area contributed by atoms with Crippen molar-refractivity contribution in [2.45, 2.75) is 38.2 Å². The molecule has 2 aromatic carbocycles. The van der Waals surface area contributed by atoms with E-state index in [9.17, 15) is 9.90 Å². The molecule has 0 amide bonds. The Hall–Kier alpha value is -3.39. The van der Waals surface area contributed by atoms with Crippen molar-refractivity contribution in [1.82, 2.24) is 4.90 Å². The number of benzene rings is 2. The van der Waals surface area contributed by atoms with Gasteiger partial charge in [-0.1, -0.05) is 19.1 Å². The molecule has 8 heteroatoms. The monoisotopic (exact) mass is 464 g/mol. The molecule has 33 heavy (non-hydrogen) atoms. The Morgan fingerprint density at radius 3 is 2.67 bits per heavy atom. The van der Waals surface area contributed by atoms with E-state index >= 15 is 0 Å². The number of thiophene rings is 1. The van der Waals surface area contributed by atoms with Gasteiger partial charge < -0.3 is 20.5 Å². The number of amidine groups is 2. The molecule has 3 aromatic rings. The van der Waals surface area contributed by atoms with Gasteiger partial charge in [0, 0.05) is 34.5 Å². The van der Waals surface area contributed by atoms with Crippen LogP contribution in [0.15, 0.2) is 48.5 Å². The van der Waals surface area contributed by atoms with Gasteiger partial charge in [0.2, 0.25) is 0 Å². The van der Waals surface area contributed by atoms with E-state index in [1.807, 2.05) is 60.4 Å². The summed E-state index contributed by atoms with van der Waals surface area (Å²) >= 11 is 1.57. The second-order valence-electron chi connectivity index (χ2n) is 8.32. The molecule has 1 fully saturated rings. The number of hydrogen-bond acceptors (Lipinski definition) is 5. The first-order valence-electron chi connectivity index (χ1n) is 11.0. The molecular weight excluding hydrogens is 436 g/mol. The minimum absolute atomic E-state index is 0.0179. The standard InChI is InChI=1S/C25H28N4O3S/c1-2-23(26)29-10-9-19(14-29)32-18-6-3-15(4-7-18)21(25(30)31)13-20-12-17-11-16(24(27)28)5-8-22(17)33-20/h3-8,11-12,19,21,26H,2,9-10,13-14H2,1H3,(H3,27,28)(H,30,31)/t19-,21?/m0/s1. The highest BCUT2D eigenvalue weighted by atomic mass is 32.1. The van der Waals surface area contributed by atoms with Crippen molar-refractivity contribution < 1.29 is 14.6 Å². The lowest BCUT2D eigenvalue weighted by Gasteiger charge is -2.19. The van der Waals surface area contributed by atoms with E-state index in [2.05, 4.69) is 0 Å². The topological polar surface area (TPSA) is 123 Å². The molecule has 4 rings (SSSR count). The molecule has 2 atom stereocenters. The Kier molecular flexibility index (Phi) is 6.65. The SMILES string of the molecule is CCC(=N)N1CC[C@H](Oc2ccc(C(Cc3cc4cc(C(=N)N)ccc4s3)C(=O)O)cc2)C1. The zero-order valence-electron chi connectivity index (χ0n) is 18.5. The number of carboxylic acids is 1. The van der Waals surface area contributed by atoms with Gasteiger partial charge in [0.15, 0.2) is 0 Å². The molecule has 1 aliphatic heterocycles. The Bertz CT molecular complexity index is 1190. The molecule has 1 saturated heterocycles. The van der Waals surface area contributed by atoms with Crippen LogP contribution in [0.25, 0.3) is 10.1 Å². The van der Waals surface area contributed by atoms with E-state index in [1.165, 1.54) is 0 Å². The molecule has 7 nitrogen and oxygen atoms in total. The maximum absolute atomic E-state index is 12.1. The van der Waals surface area contributed by atoms with Crippen molar-refractivity contribution in [3.8, 4) is 5.75 Å². The van der Waals surface area contributed by atoms with Crippen LogP contribution in [-0.4, -0.2) is 46.8 Å². The van der Waals surface area contributed by atoms with Crippen molar-refractivity contribution in [1.29, 1.82) is 10.8 Å². The molecular formula is C25H28N4O3S. The summed E-state index contributed by atoms with van der Waals surface area (Å²) in [5.41, 5.74) is 6.98. The first-order chi connectivity index (χ1) is 15.8. The smallest absolute Gasteiger partial charge is 0.311 e. The first-order valence-corrected chi connectivity index (χ1v) is 11.8. The fourth-order valence-electron chi connectivity index (χ4n) is 4.18. The van der Waals surface area contributed by atoms with Gasteiger partial charge in [-0.05, 0) is 53.8 Å². The van der Waals surface area contributed by atoms with Crippen molar-refractivity contribution >= 4 is 39.1 Å². The highest BCUT2D eigenvalue weighted by Gasteiger charge is 2.26. The van der Waals surface area contributed by atoms with Crippen molar-refractivity contribution in [3.63, 3.8) is 0 Å². The molecule has 1 unspecified atom stereocenters. The van der Waals surface area contributed by atoms with Gasteiger partial charge in [-0.3, -0.25) is 15.6 Å². The lowest BCUT2D eigenvalue weighted by atomic mass is 9.95. The highest BCUT2D eigenvalue weighted by molar-refractivity contribution is 7.19. The number of nitrogen functional groups attached to an aromatic ring is 1. The number of hydrogen-bond donors (Lipinski definition) is 4.